The van der Waals surface area contributed by atoms with Crippen LogP contribution in [0.1, 0.15) is 10.4 Å². The Kier molecular flexibility index (Phi) is 6.26. The van der Waals surface area contributed by atoms with E-state index in [9.17, 15) is 18.8 Å². The summed E-state index contributed by atoms with van der Waals surface area (Å²) in [7, 11) is 0. The predicted octanol–water partition coefficient (Wildman–Crippen LogP) is 3.44. The molecule has 0 radical (unpaired) electrons. The number of anilines is 2. The number of hydrogen-bond acceptors (Lipinski definition) is 6. The number of para-hydroxylation sites is 2. The van der Waals surface area contributed by atoms with Gasteiger partial charge in [0.15, 0.2) is 12.4 Å². The van der Waals surface area contributed by atoms with Crippen LogP contribution in [0.3, 0.4) is 0 Å². The molecule has 9 nitrogen and oxygen atoms in total. The van der Waals surface area contributed by atoms with E-state index in [1.54, 1.807) is 54.6 Å². The second-order valence-corrected chi connectivity index (χ2v) is 6.79. The predicted molar refractivity (Wildman–Crippen MR) is 117 cm³/mol. The third-order valence-corrected chi connectivity index (χ3v) is 4.47. The Hall–Kier alpha value is -4.73. The van der Waals surface area contributed by atoms with E-state index in [1.807, 2.05) is 0 Å². The number of nitrogens with one attached hydrogen (secondary N) is 3. The van der Waals surface area contributed by atoms with Gasteiger partial charge < -0.3 is 15.4 Å². The molecular formula is C23H17FN4O5. The molecule has 1 aromatic heterocycles. The van der Waals surface area contributed by atoms with Gasteiger partial charge in [-0.05, 0) is 36.4 Å². The van der Waals surface area contributed by atoms with Crippen LogP contribution in [-0.4, -0.2) is 28.6 Å². The van der Waals surface area contributed by atoms with Crippen LogP contribution < -0.4 is 21.1 Å². The molecule has 0 atom stereocenters. The summed E-state index contributed by atoms with van der Waals surface area (Å²) in [6.07, 6.45) is 0. The molecule has 4 aromatic rings. The van der Waals surface area contributed by atoms with Gasteiger partial charge in [-0.1, -0.05) is 41.6 Å². The molecule has 3 aromatic carbocycles. The van der Waals surface area contributed by atoms with E-state index < -0.39 is 30.0 Å². The number of aromatic nitrogens is 2. The maximum atomic E-state index is 13.7. The van der Waals surface area contributed by atoms with Crippen molar-refractivity contribution in [2.24, 2.45) is 0 Å². The van der Waals surface area contributed by atoms with E-state index in [4.69, 9.17) is 4.74 Å². The molecule has 0 aliphatic rings. The molecule has 0 saturated heterocycles. The first-order valence-corrected chi connectivity index (χ1v) is 9.73. The van der Waals surface area contributed by atoms with E-state index >= 15 is 0 Å². The summed E-state index contributed by atoms with van der Waals surface area (Å²) in [6.45, 7) is -0.423. The van der Waals surface area contributed by atoms with Crippen molar-refractivity contribution >= 4 is 23.2 Å². The first-order valence-electron chi connectivity index (χ1n) is 9.73. The average molecular weight is 448 g/mol. The summed E-state index contributed by atoms with van der Waals surface area (Å²) in [4.78, 5) is 38.6. The second-order valence-electron chi connectivity index (χ2n) is 6.79. The molecule has 0 aliphatic heterocycles. The molecule has 2 amide bonds. The van der Waals surface area contributed by atoms with Crippen molar-refractivity contribution in [2.75, 3.05) is 17.2 Å². The zero-order valence-corrected chi connectivity index (χ0v) is 17.0. The van der Waals surface area contributed by atoms with Gasteiger partial charge in [0, 0.05) is 11.3 Å². The Morgan fingerprint density at radius 3 is 2.58 bits per heavy atom. The lowest BCUT2D eigenvalue weighted by Crippen LogP contribution is -2.22. The van der Waals surface area contributed by atoms with E-state index in [1.165, 1.54) is 18.2 Å². The summed E-state index contributed by atoms with van der Waals surface area (Å²) >= 11 is 0. The summed E-state index contributed by atoms with van der Waals surface area (Å²) in [5.41, 5.74) is 1.20. The largest absolute Gasteiger partial charge is 0.483 e. The van der Waals surface area contributed by atoms with Gasteiger partial charge in [-0.3, -0.25) is 19.1 Å². The van der Waals surface area contributed by atoms with Gasteiger partial charge in [0.25, 0.3) is 11.8 Å². The average Bonchev–Trinajstić information content (AvgIpc) is 3.26. The molecule has 166 valence electrons. The van der Waals surface area contributed by atoms with Crippen molar-refractivity contribution in [1.82, 2.24) is 10.1 Å². The normalized spacial score (nSPS) is 10.5. The smallest absolute Gasteiger partial charge is 0.439 e. The van der Waals surface area contributed by atoms with E-state index in [-0.39, 0.29) is 22.8 Å². The maximum Gasteiger partial charge on any atom is 0.439 e. The van der Waals surface area contributed by atoms with E-state index in [0.717, 1.165) is 0 Å². The number of ether oxygens (including phenoxy) is 1. The van der Waals surface area contributed by atoms with Crippen LogP contribution in [0.2, 0.25) is 0 Å². The molecule has 0 aliphatic carbocycles. The quantitative estimate of drug-likeness (QED) is 0.398. The van der Waals surface area contributed by atoms with Gasteiger partial charge in [0.2, 0.25) is 0 Å². The SMILES string of the molecule is O=C(COc1ccccc1C(=O)Nc1cccc(-c2noc(=O)[nH]2)c1)Nc1ccccc1F. The fraction of sp³-hybridized carbons (Fsp3) is 0.0435. The van der Waals surface area contributed by atoms with Gasteiger partial charge >= 0.3 is 5.76 Å². The Balaban J connectivity index is 1.44. The van der Waals surface area contributed by atoms with Crippen LogP contribution in [0.5, 0.6) is 5.75 Å². The van der Waals surface area contributed by atoms with Gasteiger partial charge in [0.05, 0.1) is 11.3 Å². The minimum absolute atomic E-state index is 0.0328. The molecule has 10 heteroatoms. The summed E-state index contributed by atoms with van der Waals surface area (Å²) in [6, 6.07) is 18.8. The monoisotopic (exact) mass is 448 g/mol. The van der Waals surface area contributed by atoms with E-state index in [0.29, 0.717) is 11.3 Å². The fourth-order valence-corrected chi connectivity index (χ4v) is 2.97. The molecule has 4 rings (SSSR count). The number of carbonyl (C=O) groups is 2. The lowest BCUT2D eigenvalue weighted by Gasteiger charge is -2.12. The van der Waals surface area contributed by atoms with Crippen LogP contribution >= 0.6 is 0 Å². The first-order chi connectivity index (χ1) is 16.0. The number of hydrogen-bond donors (Lipinski definition) is 3. The number of nitrogens with zero attached hydrogens (tertiary/aromatic N) is 1. The molecule has 0 spiro atoms. The molecule has 0 saturated carbocycles. The standard InChI is InChI=1S/C23H17FN4O5/c24-17-9-2-3-10-18(17)26-20(29)13-32-19-11-4-1-8-16(19)22(30)25-15-7-5-6-14(12-15)21-27-23(31)33-28-21/h1-12H,13H2,(H,25,30)(H,26,29)(H,27,28,31). The topological polar surface area (TPSA) is 126 Å². The lowest BCUT2D eigenvalue weighted by atomic mass is 10.1. The minimum Gasteiger partial charge on any atom is -0.483 e. The van der Waals surface area contributed by atoms with Crippen LogP contribution in [0.4, 0.5) is 15.8 Å². The number of carbonyl (C=O) groups excluding carboxylic acids is 2. The number of rotatable bonds is 7. The number of amides is 2. The number of halogens is 1. The van der Waals surface area contributed by atoms with Gasteiger partial charge in [-0.15, -0.1) is 0 Å². The molecule has 1 heterocycles. The molecule has 33 heavy (non-hydrogen) atoms. The Morgan fingerprint density at radius 2 is 1.79 bits per heavy atom. The van der Waals surface area contributed by atoms with E-state index in [2.05, 4.69) is 25.3 Å². The number of aromatic amines is 1. The zero-order valence-electron chi connectivity index (χ0n) is 17.0. The fourth-order valence-electron chi connectivity index (χ4n) is 2.97. The van der Waals surface area contributed by atoms with Gasteiger partial charge in [-0.25, -0.2) is 9.18 Å². The molecule has 3 N–H and O–H groups in total. The van der Waals surface area contributed by atoms with Crippen LogP contribution in [-0.2, 0) is 4.79 Å². The molecule has 0 fully saturated rings. The third-order valence-electron chi connectivity index (χ3n) is 4.47. The first kappa shape index (κ1) is 21.5. The number of benzene rings is 3. The summed E-state index contributed by atoms with van der Waals surface area (Å²) < 4.78 is 23.7. The highest BCUT2D eigenvalue weighted by atomic mass is 19.1. The summed E-state index contributed by atoms with van der Waals surface area (Å²) in [5, 5.41) is 8.76. The highest BCUT2D eigenvalue weighted by molar-refractivity contribution is 6.06. The van der Waals surface area contributed by atoms with Crippen molar-refractivity contribution < 1.29 is 23.2 Å². The van der Waals surface area contributed by atoms with Crippen LogP contribution in [0, 0.1) is 5.82 Å². The van der Waals surface area contributed by atoms with Crippen molar-refractivity contribution in [3.63, 3.8) is 0 Å². The lowest BCUT2D eigenvalue weighted by molar-refractivity contribution is -0.118. The molecule has 0 unspecified atom stereocenters. The van der Waals surface area contributed by atoms with Crippen LogP contribution in [0.25, 0.3) is 11.4 Å². The number of H-pyrrole nitrogens is 1. The van der Waals surface area contributed by atoms with Gasteiger partial charge in [0.1, 0.15) is 11.6 Å². The highest BCUT2D eigenvalue weighted by Crippen LogP contribution is 2.22. The third kappa shape index (κ3) is 5.31. The van der Waals surface area contributed by atoms with Crippen molar-refractivity contribution in [3.8, 4) is 17.1 Å². The summed E-state index contributed by atoms with van der Waals surface area (Å²) in [5.74, 6) is -1.92. The Labute approximate surface area is 186 Å². The Bertz CT molecular complexity index is 1360. The van der Waals surface area contributed by atoms with Crippen molar-refractivity contribution in [1.29, 1.82) is 0 Å². The maximum absolute atomic E-state index is 13.7. The van der Waals surface area contributed by atoms with Gasteiger partial charge in [-0.2, -0.15) is 0 Å². The van der Waals surface area contributed by atoms with Crippen molar-refractivity contribution in [2.45, 2.75) is 0 Å². The van der Waals surface area contributed by atoms with Crippen LogP contribution in [0.15, 0.2) is 82.1 Å². The minimum atomic E-state index is -0.690. The molecular weight excluding hydrogens is 431 g/mol. The molecule has 0 bridgehead atoms. The second kappa shape index (κ2) is 9.60. The van der Waals surface area contributed by atoms with Crippen molar-refractivity contribution in [3.05, 3.63) is 94.7 Å². The highest BCUT2D eigenvalue weighted by Gasteiger charge is 2.15. The Morgan fingerprint density at radius 1 is 1.00 bits per heavy atom. The zero-order chi connectivity index (χ0) is 23.2.